The van der Waals surface area contributed by atoms with Crippen molar-refractivity contribution < 1.29 is 9.84 Å². The predicted octanol–water partition coefficient (Wildman–Crippen LogP) is 3.95. The van der Waals surface area contributed by atoms with Gasteiger partial charge in [-0.25, -0.2) is 4.98 Å². The van der Waals surface area contributed by atoms with Gasteiger partial charge in [-0.3, -0.25) is 0 Å². The normalized spacial score (nSPS) is 18.4. The van der Waals surface area contributed by atoms with Crippen LogP contribution in [0, 0.1) is 0 Å². The number of fused-ring (bicyclic) bond motifs is 1. The number of aromatic amines is 1. The first-order chi connectivity index (χ1) is 16.7. The van der Waals surface area contributed by atoms with Crippen LogP contribution >= 0.6 is 0 Å². The summed E-state index contributed by atoms with van der Waals surface area (Å²) >= 11 is 0. The molecule has 6 rings (SSSR count). The molecule has 0 radical (unpaired) electrons. The van der Waals surface area contributed by atoms with Crippen LogP contribution in [0.4, 0.5) is 11.8 Å². The fraction of sp³-hybridized carbons (Fsp3) is 0.333. The Labute approximate surface area is 199 Å². The fourth-order valence-electron chi connectivity index (χ4n) is 5.08. The van der Waals surface area contributed by atoms with Crippen LogP contribution in [-0.4, -0.2) is 59.5 Å². The summed E-state index contributed by atoms with van der Waals surface area (Å²) in [5, 5.41) is 12.5. The third kappa shape index (κ3) is 3.91. The quantitative estimate of drug-likeness (QED) is 0.485. The molecule has 2 aromatic carbocycles. The number of morpholine rings is 1. The van der Waals surface area contributed by atoms with E-state index >= 15 is 0 Å². The van der Waals surface area contributed by atoms with Crippen molar-refractivity contribution in [1.29, 1.82) is 0 Å². The van der Waals surface area contributed by atoms with Crippen LogP contribution in [0.5, 0.6) is 0 Å². The van der Waals surface area contributed by atoms with E-state index in [1.54, 1.807) is 0 Å². The number of benzene rings is 2. The Kier molecular flexibility index (Phi) is 5.43. The highest BCUT2D eigenvalue weighted by Gasteiger charge is 2.35. The molecular formula is C27H29N5O2. The van der Waals surface area contributed by atoms with Crippen LogP contribution in [0.3, 0.4) is 0 Å². The maximum Gasteiger partial charge on any atom is 0.227 e. The number of hydrogen-bond donors (Lipinski definition) is 2. The molecule has 0 saturated carbocycles. The lowest BCUT2D eigenvalue weighted by atomic mass is 9.84. The van der Waals surface area contributed by atoms with E-state index in [0.29, 0.717) is 39.1 Å². The van der Waals surface area contributed by atoms with Gasteiger partial charge < -0.3 is 24.6 Å². The van der Waals surface area contributed by atoms with Gasteiger partial charge in [-0.1, -0.05) is 42.5 Å². The first-order valence-electron chi connectivity index (χ1n) is 12.0. The molecule has 0 aliphatic carbocycles. The predicted molar refractivity (Wildman–Crippen MR) is 134 cm³/mol. The van der Waals surface area contributed by atoms with Gasteiger partial charge in [0.1, 0.15) is 5.82 Å². The van der Waals surface area contributed by atoms with Gasteiger partial charge in [0.15, 0.2) is 0 Å². The second-order valence-electron chi connectivity index (χ2n) is 9.14. The molecule has 7 nitrogen and oxygen atoms in total. The Morgan fingerprint density at radius 2 is 1.65 bits per heavy atom. The third-order valence-electron chi connectivity index (χ3n) is 7.09. The highest BCUT2D eigenvalue weighted by Crippen LogP contribution is 2.35. The van der Waals surface area contributed by atoms with Gasteiger partial charge in [0.2, 0.25) is 5.95 Å². The molecule has 4 aromatic rings. The zero-order valence-electron chi connectivity index (χ0n) is 19.2. The second-order valence-corrected chi connectivity index (χ2v) is 9.14. The van der Waals surface area contributed by atoms with Crippen molar-refractivity contribution in [3.05, 3.63) is 72.4 Å². The van der Waals surface area contributed by atoms with Crippen molar-refractivity contribution in [3.8, 4) is 11.3 Å². The molecule has 0 unspecified atom stereocenters. The molecule has 2 N–H and O–H groups in total. The van der Waals surface area contributed by atoms with Crippen LogP contribution in [0.25, 0.3) is 22.2 Å². The van der Waals surface area contributed by atoms with Crippen molar-refractivity contribution >= 4 is 22.7 Å². The monoisotopic (exact) mass is 455 g/mol. The molecule has 0 spiro atoms. The fourth-order valence-corrected chi connectivity index (χ4v) is 5.08. The number of H-pyrrole nitrogens is 1. The average Bonchev–Trinajstić information content (AvgIpc) is 3.39. The first kappa shape index (κ1) is 21.1. The summed E-state index contributed by atoms with van der Waals surface area (Å²) in [5.74, 6) is 1.65. The maximum atomic E-state index is 11.3. The molecule has 2 aliphatic heterocycles. The summed E-state index contributed by atoms with van der Waals surface area (Å²) < 4.78 is 5.57. The first-order valence-corrected chi connectivity index (χ1v) is 12.0. The molecule has 4 heterocycles. The number of ether oxygens (including phenoxy) is 1. The number of rotatable bonds is 4. The van der Waals surface area contributed by atoms with E-state index in [0.717, 1.165) is 52.6 Å². The molecule has 7 heteroatoms. The van der Waals surface area contributed by atoms with Crippen LogP contribution in [0.15, 0.2) is 66.9 Å². The lowest BCUT2D eigenvalue weighted by Crippen LogP contribution is -2.43. The minimum Gasteiger partial charge on any atom is -0.385 e. The van der Waals surface area contributed by atoms with Crippen LogP contribution < -0.4 is 9.80 Å². The largest absolute Gasteiger partial charge is 0.385 e. The highest BCUT2D eigenvalue weighted by atomic mass is 16.5. The summed E-state index contributed by atoms with van der Waals surface area (Å²) in [4.78, 5) is 17.8. The van der Waals surface area contributed by atoms with Gasteiger partial charge in [-0.05, 0) is 30.5 Å². The Bertz CT molecular complexity index is 1270. The zero-order valence-corrected chi connectivity index (χ0v) is 19.2. The Balaban J connectivity index is 1.35. The van der Waals surface area contributed by atoms with E-state index in [9.17, 15) is 5.11 Å². The molecule has 0 atom stereocenters. The summed E-state index contributed by atoms with van der Waals surface area (Å²) in [6.45, 7) is 4.44. The SMILES string of the molecule is OC1(c2ccccc2)CCN(c2nc(-c3cccc4[nH]ccc34)cc(N3CCOCC3)n2)CC1. The minimum atomic E-state index is -0.806. The van der Waals surface area contributed by atoms with E-state index in [-0.39, 0.29) is 0 Å². The summed E-state index contributed by atoms with van der Waals surface area (Å²) in [5.41, 5.74) is 3.28. The Hall–Kier alpha value is -3.42. The van der Waals surface area contributed by atoms with E-state index in [4.69, 9.17) is 14.7 Å². The highest BCUT2D eigenvalue weighted by molar-refractivity contribution is 5.94. The number of aromatic nitrogens is 3. The van der Waals surface area contributed by atoms with Gasteiger partial charge in [0.05, 0.1) is 24.5 Å². The van der Waals surface area contributed by atoms with Crippen LogP contribution in [0.2, 0.25) is 0 Å². The molecule has 34 heavy (non-hydrogen) atoms. The van der Waals surface area contributed by atoms with E-state index in [1.165, 1.54) is 0 Å². The second kappa shape index (κ2) is 8.74. The van der Waals surface area contributed by atoms with Crippen molar-refractivity contribution in [1.82, 2.24) is 15.0 Å². The molecule has 174 valence electrons. The lowest BCUT2D eigenvalue weighted by Gasteiger charge is -2.39. The average molecular weight is 456 g/mol. The van der Waals surface area contributed by atoms with Crippen molar-refractivity contribution in [3.63, 3.8) is 0 Å². The molecule has 2 aromatic heterocycles. The number of hydrogen-bond acceptors (Lipinski definition) is 6. The standard InChI is InChI=1S/C27H29N5O2/c33-27(20-5-2-1-3-6-20)10-13-32(14-11-27)26-29-24(19-25(30-26)31-15-17-34-18-16-31)21-7-4-8-23-22(21)9-12-28-23/h1-9,12,19,28,33H,10-11,13-18H2. The van der Waals surface area contributed by atoms with Crippen LogP contribution in [-0.2, 0) is 10.3 Å². The van der Waals surface area contributed by atoms with E-state index in [1.807, 2.05) is 36.5 Å². The zero-order chi connectivity index (χ0) is 23.0. The van der Waals surface area contributed by atoms with E-state index in [2.05, 4.69) is 45.1 Å². The molecular weight excluding hydrogens is 426 g/mol. The molecule has 2 saturated heterocycles. The number of nitrogens with one attached hydrogen (secondary N) is 1. The number of aliphatic hydroxyl groups is 1. The smallest absolute Gasteiger partial charge is 0.227 e. The van der Waals surface area contributed by atoms with Crippen molar-refractivity contribution in [2.45, 2.75) is 18.4 Å². The summed E-state index contributed by atoms with van der Waals surface area (Å²) in [7, 11) is 0. The van der Waals surface area contributed by atoms with E-state index < -0.39 is 5.60 Å². The molecule has 2 aliphatic rings. The maximum absolute atomic E-state index is 11.3. The molecule has 0 amide bonds. The van der Waals surface area contributed by atoms with Gasteiger partial charge in [0.25, 0.3) is 0 Å². The van der Waals surface area contributed by atoms with Crippen molar-refractivity contribution in [2.75, 3.05) is 49.2 Å². The lowest BCUT2D eigenvalue weighted by molar-refractivity contribution is 0.0115. The number of anilines is 2. The van der Waals surface area contributed by atoms with Gasteiger partial charge in [-0.2, -0.15) is 4.98 Å². The topological polar surface area (TPSA) is 77.5 Å². The van der Waals surface area contributed by atoms with Gasteiger partial charge in [0, 0.05) is 54.9 Å². The molecule has 0 bridgehead atoms. The third-order valence-corrected chi connectivity index (χ3v) is 7.09. The Morgan fingerprint density at radius 3 is 2.44 bits per heavy atom. The summed E-state index contributed by atoms with van der Waals surface area (Å²) in [6, 6.07) is 20.5. The minimum absolute atomic E-state index is 0.644. The summed E-state index contributed by atoms with van der Waals surface area (Å²) in [6.07, 6.45) is 3.25. The number of nitrogens with zero attached hydrogens (tertiary/aromatic N) is 4. The van der Waals surface area contributed by atoms with Gasteiger partial charge >= 0.3 is 0 Å². The Morgan fingerprint density at radius 1 is 0.853 bits per heavy atom. The molecule has 2 fully saturated rings. The van der Waals surface area contributed by atoms with Gasteiger partial charge in [-0.15, -0.1) is 0 Å². The number of piperidine rings is 1. The van der Waals surface area contributed by atoms with Crippen LogP contribution in [0.1, 0.15) is 18.4 Å². The van der Waals surface area contributed by atoms with Crippen molar-refractivity contribution in [2.24, 2.45) is 0 Å².